The third kappa shape index (κ3) is 4.20. The molecule has 1 N–H and O–H groups in total. The minimum absolute atomic E-state index is 0.105. The van der Waals surface area contributed by atoms with Crippen molar-refractivity contribution < 1.29 is 21.6 Å². The summed E-state index contributed by atoms with van der Waals surface area (Å²) in [5, 5.41) is 0. The van der Waals surface area contributed by atoms with Crippen molar-refractivity contribution in [1.82, 2.24) is 9.62 Å². The molecule has 1 aliphatic heterocycles. The van der Waals surface area contributed by atoms with Crippen LogP contribution in [0.5, 0.6) is 0 Å². The van der Waals surface area contributed by atoms with Gasteiger partial charge in [-0.15, -0.1) is 0 Å². The van der Waals surface area contributed by atoms with Crippen molar-refractivity contribution in [2.45, 2.75) is 42.4 Å². The molecule has 4 rings (SSSR count). The van der Waals surface area contributed by atoms with Gasteiger partial charge in [0.2, 0.25) is 10.0 Å². The predicted molar refractivity (Wildman–Crippen MR) is 104 cm³/mol. The highest BCUT2D eigenvalue weighted by atomic mass is 32.2. The average Bonchev–Trinajstić information content (AvgIpc) is 3.05. The SMILES string of the molecule is O=S(=O)(N[C@@H]1Cc2ccccc2[C@H]1N1CCC[C@@H](C(F)(F)F)C1)c1ccccc1. The molecule has 1 heterocycles. The second kappa shape index (κ2) is 7.74. The highest BCUT2D eigenvalue weighted by Crippen LogP contribution is 2.41. The molecular formula is C21H23F3N2O2S. The van der Waals surface area contributed by atoms with E-state index in [4.69, 9.17) is 0 Å². The van der Waals surface area contributed by atoms with Gasteiger partial charge in [-0.05, 0) is 49.1 Å². The van der Waals surface area contributed by atoms with Crippen LogP contribution in [0, 0.1) is 5.92 Å². The topological polar surface area (TPSA) is 49.4 Å². The lowest BCUT2D eigenvalue weighted by molar-refractivity contribution is -0.189. The van der Waals surface area contributed by atoms with Crippen LogP contribution in [-0.2, 0) is 16.4 Å². The third-order valence-corrected chi connectivity index (χ3v) is 7.37. The number of sulfonamides is 1. The van der Waals surface area contributed by atoms with E-state index < -0.39 is 34.2 Å². The fourth-order valence-corrected chi connectivity index (χ4v) is 5.79. The smallest absolute Gasteiger partial charge is 0.294 e. The molecule has 0 bridgehead atoms. The van der Waals surface area contributed by atoms with E-state index in [1.54, 1.807) is 18.2 Å². The molecule has 0 unspecified atom stereocenters. The van der Waals surface area contributed by atoms with Crippen LogP contribution in [0.25, 0.3) is 0 Å². The second-order valence-corrected chi connectivity index (χ2v) is 9.48. The van der Waals surface area contributed by atoms with E-state index in [0.717, 1.165) is 11.1 Å². The van der Waals surface area contributed by atoms with E-state index in [-0.39, 0.29) is 17.9 Å². The number of nitrogens with one attached hydrogen (secondary N) is 1. The van der Waals surface area contributed by atoms with Gasteiger partial charge in [-0.2, -0.15) is 13.2 Å². The first-order valence-corrected chi connectivity index (χ1v) is 11.2. The third-order valence-electron chi connectivity index (χ3n) is 5.86. The molecule has 156 valence electrons. The lowest BCUT2D eigenvalue weighted by atomic mass is 9.94. The van der Waals surface area contributed by atoms with Crippen LogP contribution in [-0.4, -0.2) is 38.6 Å². The number of halogens is 3. The van der Waals surface area contributed by atoms with E-state index in [1.165, 1.54) is 12.1 Å². The van der Waals surface area contributed by atoms with E-state index in [0.29, 0.717) is 19.4 Å². The molecule has 29 heavy (non-hydrogen) atoms. The standard InChI is InChI=1S/C21H23F3N2O2S/c22-21(23,24)16-8-6-12-26(14-16)20-18-11-5-4-7-15(18)13-19(20)25-29(27,28)17-9-2-1-3-10-17/h1-5,7,9-11,16,19-20,25H,6,8,12-14H2/t16-,19-,20-/m1/s1. The maximum Gasteiger partial charge on any atom is 0.393 e. The van der Waals surface area contributed by atoms with Crippen LogP contribution in [0.1, 0.15) is 30.0 Å². The number of nitrogens with zero attached hydrogens (tertiary/aromatic N) is 1. The van der Waals surface area contributed by atoms with Crippen molar-refractivity contribution in [1.29, 1.82) is 0 Å². The minimum Gasteiger partial charge on any atom is -0.294 e. The van der Waals surface area contributed by atoms with Gasteiger partial charge in [0.15, 0.2) is 0 Å². The molecule has 2 aromatic carbocycles. The van der Waals surface area contributed by atoms with Crippen LogP contribution in [0.2, 0.25) is 0 Å². The van der Waals surface area contributed by atoms with Gasteiger partial charge in [0, 0.05) is 12.6 Å². The molecule has 4 nitrogen and oxygen atoms in total. The van der Waals surface area contributed by atoms with Crippen LogP contribution < -0.4 is 4.72 Å². The summed E-state index contributed by atoms with van der Waals surface area (Å²) in [7, 11) is -3.77. The number of rotatable bonds is 4. The lowest BCUT2D eigenvalue weighted by Gasteiger charge is -2.40. The predicted octanol–water partition coefficient (Wildman–Crippen LogP) is 3.91. The van der Waals surface area contributed by atoms with Gasteiger partial charge in [-0.1, -0.05) is 42.5 Å². The minimum atomic E-state index is -4.24. The second-order valence-electron chi connectivity index (χ2n) is 7.76. The largest absolute Gasteiger partial charge is 0.393 e. The number of fused-ring (bicyclic) bond motifs is 1. The molecule has 2 aromatic rings. The molecule has 1 saturated heterocycles. The molecular weight excluding hydrogens is 401 g/mol. The van der Waals surface area contributed by atoms with Gasteiger partial charge >= 0.3 is 6.18 Å². The van der Waals surface area contributed by atoms with Gasteiger partial charge in [0.25, 0.3) is 0 Å². The maximum atomic E-state index is 13.3. The van der Waals surface area contributed by atoms with Gasteiger partial charge in [0.1, 0.15) is 0 Å². The maximum absolute atomic E-state index is 13.3. The molecule has 0 amide bonds. The summed E-state index contributed by atoms with van der Waals surface area (Å²) in [4.78, 5) is 1.97. The normalized spacial score (nSPS) is 25.7. The highest BCUT2D eigenvalue weighted by Gasteiger charge is 2.46. The zero-order valence-corrected chi connectivity index (χ0v) is 16.6. The number of alkyl halides is 3. The number of piperidine rings is 1. The highest BCUT2D eigenvalue weighted by molar-refractivity contribution is 7.89. The molecule has 0 radical (unpaired) electrons. The van der Waals surface area contributed by atoms with Crippen molar-refractivity contribution in [2.75, 3.05) is 13.1 Å². The molecule has 8 heteroatoms. The van der Waals surface area contributed by atoms with E-state index >= 15 is 0 Å². The van der Waals surface area contributed by atoms with Crippen molar-refractivity contribution in [3.63, 3.8) is 0 Å². The lowest BCUT2D eigenvalue weighted by Crippen LogP contribution is -2.49. The van der Waals surface area contributed by atoms with Crippen molar-refractivity contribution >= 4 is 10.0 Å². The van der Waals surface area contributed by atoms with Gasteiger partial charge < -0.3 is 0 Å². The van der Waals surface area contributed by atoms with Crippen LogP contribution >= 0.6 is 0 Å². The molecule has 1 fully saturated rings. The average molecular weight is 424 g/mol. The summed E-state index contributed by atoms with van der Waals surface area (Å²) < 4.78 is 68.6. The summed E-state index contributed by atoms with van der Waals surface area (Å²) >= 11 is 0. The molecule has 0 spiro atoms. The Kier molecular flexibility index (Phi) is 5.44. The Labute approximate surface area is 168 Å². The summed E-state index contributed by atoms with van der Waals surface area (Å²) in [6, 6.07) is 14.7. The van der Waals surface area contributed by atoms with E-state index in [2.05, 4.69) is 4.72 Å². The van der Waals surface area contributed by atoms with Gasteiger partial charge in [0.05, 0.1) is 16.9 Å². The first kappa shape index (κ1) is 20.4. The first-order chi connectivity index (χ1) is 13.8. The van der Waals surface area contributed by atoms with Crippen LogP contribution in [0.15, 0.2) is 59.5 Å². The zero-order valence-electron chi connectivity index (χ0n) is 15.8. The van der Waals surface area contributed by atoms with Crippen molar-refractivity contribution in [2.24, 2.45) is 5.92 Å². The molecule has 0 saturated carbocycles. The Bertz CT molecular complexity index is 963. The number of likely N-dealkylation sites (tertiary alicyclic amines) is 1. The van der Waals surface area contributed by atoms with E-state index in [9.17, 15) is 21.6 Å². The summed E-state index contributed by atoms with van der Waals surface area (Å²) in [6.07, 6.45) is -3.22. The molecule has 0 aromatic heterocycles. The fraction of sp³-hybridized carbons (Fsp3) is 0.429. The molecule has 1 aliphatic carbocycles. The fourth-order valence-electron chi connectivity index (χ4n) is 4.52. The quantitative estimate of drug-likeness (QED) is 0.810. The Morgan fingerprint density at radius 1 is 1.00 bits per heavy atom. The van der Waals surface area contributed by atoms with Crippen LogP contribution in [0.4, 0.5) is 13.2 Å². The Morgan fingerprint density at radius 3 is 2.41 bits per heavy atom. The Balaban J connectivity index is 1.64. The van der Waals surface area contributed by atoms with Crippen molar-refractivity contribution in [3.8, 4) is 0 Å². The zero-order chi connectivity index (χ0) is 20.6. The summed E-state index contributed by atoms with van der Waals surface area (Å²) in [5.41, 5.74) is 1.89. The monoisotopic (exact) mass is 424 g/mol. The molecule has 2 aliphatic rings. The van der Waals surface area contributed by atoms with Crippen LogP contribution in [0.3, 0.4) is 0 Å². The number of hydrogen-bond acceptors (Lipinski definition) is 3. The number of benzene rings is 2. The van der Waals surface area contributed by atoms with Gasteiger partial charge in [-0.25, -0.2) is 13.1 Å². The number of hydrogen-bond donors (Lipinski definition) is 1. The van der Waals surface area contributed by atoms with Crippen molar-refractivity contribution in [3.05, 3.63) is 65.7 Å². The first-order valence-electron chi connectivity index (χ1n) is 9.71. The molecule has 3 atom stereocenters. The van der Waals surface area contributed by atoms with Gasteiger partial charge in [-0.3, -0.25) is 4.90 Å². The Hall–Kier alpha value is -1.90. The van der Waals surface area contributed by atoms with E-state index in [1.807, 2.05) is 29.2 Å². The summed E-state index contributed by atoms with van der Waals surface area (Å²) in [5.74, 6) is -1.38. The Morgan fingerprint density at radius 2 is 1.69 bits per heavy atom. The summed E-state index contributed by atoms with van der Waals surface area (Å²) in [6.45, 7) is 0.418.